The van der Waals surface area contributed by atoms with Crippen LogP contribution in [-0.4, -0.2) is 37.1 Å². The maximum atomic E-state index is 13.1. The monoisotopic (exact) mass is 441 g/mol. The zero-order chi connectivity index (χ0) is 15.1. The first kappa shape index (κ1) is 19.5. The highest BCUT2D eigenvalue weighted by molar-refractivity contribution is 14.0. The SMILES string of the molecule is CN=C(NCCc1cc(F)cc(F)c1)NCC1CCCS1.I. The van der Waals surface area contributed by atoms with Crippen molar-refractivity contribution in [2.75, 3.05) is 25.9 Å². The lowest BCUT2D eigenvalue weighted by atomic mass is 10.1. The van der Waals surface area contributed by atoms with Gasteiger partial charge in [0.25, 0.3) is 0 Å². The van der Waals surface area contributed by atoms with Gasteiger partial charge in [-0.3, -0.25) is 4.99 Å². The van der Waals surface area contributed by atoms with Crippen LogP contribution in [0.2, 0.25) is 0 Å². The molecule has 124 valence electrons. The van der Waals surface area contributed by atoms with E-state index in [9.17, 15) is 8.78 Å². The number of rotatable bonds is 5. The van der Waals surface area contributed by atoms with Crippen LogP contribution in [0.25, 0.3) is 0 Å². The maximum Gasteiger partial charge on any atom is 0.191 e. The van der Waals surface area contributed by atoms with E-state index in [2.05, 4.69) is 15.6 Å². The Kier molecular flexibility index (Phi) is 9.08. The lowest BCUT2D eigenvalue weighted by molar-refractivity contribution is 0.579. The number of benzene rings is 1. The van der Waals surface area contributed by atoms with Crippen LogP contribution < -0.4 is 10.6 Å². The molecule has 7 heteroatoms. The molecule has 0 radical (unpaired) electrons. The third-order valence-electron chi connectivity index (χ3n) is 3.37. The van der Waals surface area contributed by atoms with Gasteiger partial charge in [0, 0.05) is 31.5 Å². The molecule has 3 nitrogen and oxygen atoms in total. The van der Waals surface area contributed by atoms with Crippen LogP contribution in [0, 0.1) is 11.6 Å². The molecule has 0 aliphatic carbocycles. The third kappa shape index (κ3) is 6.68. The van der Waals surface area contributed by atoms with E-state index in [-0.39, 0.29) is 24.0 Å². The van der Waals surface area contributed by atoms with E-state index in [0.717, 1.165) is 18.6 Å². The Morgan fingerprint density at radius 3 is 2.59 bits per heavy atom. The summed E-state index contributed by atoms with van der Waals surface area (Å²) < 4.78 is 26.1. The minimum absolute atomic E-state index is 0. The highest BCUT2D eigenvalue weighted by atomic mass is 127. The minimum Gasteiger partial charge on any atom is -0.356 e. The lowest BCUT2D eigenvalue weighted by Crippen LogP contribution is -2.40. The first-order valence-corrected chi connectivity index (χ1v) is 8.23. The van der Waals surface area contributed by atoms with Crippen LogP contribution in [0.3, 0.4) is 0 Å². The molecule has 1 aliphatic rings. The van der Waals surface area contributed by atoms with Crippen molar-refractivity contribution >= 4 is 41.7 Å². The van der Waals surface area contributed by atoms with Crippen molar-refractivity contribution in [3.63, 3.8) is 0 Å². The van der Waals surface area contributed by atoms with Crippen molar-refractivity contribution in [1.82, 2.24) is 10.6 Å². The summed E-state index contributed by atoms with van der Waals surface area (Å²) in [5, 5.41) is 7.11. The maximum absolute atomic E-state index is 13.1. The smallest absolute Gasteiger partial charge is 0.191 e. The van der Waals surface area contributed by atoms with E-state index in [0.29, 0.717) is 23.8 Å². The Morgan fingerprint density at radius 2 is 2.00 bits per heavy atom. The summed E-state index contributed by atoms with van der Waals surface area (Å²) >= 11 is 1.99. The molecule has 22 heavy (non-hydrogen) atoms. The molecule has 0 amide bonds. The molecule has 1 fully saturated rings. The van der Waals surface area contributed by atoms with Crippen molar-refractivity contribution in [1.29, 1.82) is 0 Å². The van der Waals surface area contributed by atoms with Gasteiger partial charge in [-0.15, -0.1) is 24.0 Å². The molecule has 0 saturated carbocycles. The summed E-state index contributed by atoms with van der Waals surface area (Å²) in [7, 11) is 1.72. The van der Waals surface area contributed by atoms with E-state index >= 15 is 0 Å². The molecule has 0 aromatic heterocycles. The average Bonchev–Trinajstić information content (AvgIpc) is 2.94. The van der Waals surface area contributed by atoms with Gasteiger partial charge in [0.15, 0.2) is 5.96 Å². The summed E-state index contributed by atoms with van der Waals surface area (Å²) in [4.78, 5) is 4.15. The molecule has 0 spiro atoms. The first-order chi connectivity index (χ1) is 10.2. The predicted octanol–water partition coefficient (Wildman–Crippen LogP) is 3.19. The quantitative estimate of drug-likeness (QED) is 0.419. The van der Waals surface area contributed by atoms with Crippen molar-refractivity contribution in [3.8, 4) is 0 Å². The zero-order valence-electron chi connectivity index (χ0n) is 12.6. The van der Waals surface area contributed by atoms with E-state index < -0.39 is 11.6 Å². The standard InChI is InChI=1S/C15H21F2N3S.HI/c1-18-15(20-10-14-3-2-6-21-14)19-5-4-11-7-12(16)9-13(17)8-11;/h7-9,14H,2-6,10H2,1H3,(H2,18,19,20);1H. The lowest BCUT2D eigenvalue weighted by Gasteiger charge is -2.14. The molecule has 1 saturated heterocycles. The summed E-state index contributed by atoms with van der Waals surface area (Å²) in [5.74, 6) is 0.902. The molecular formula is C15H22F2IN3S. The number of nitrogens with one attached hydrogen (secondary N) is 2. The Balaban J connectivity index is 0.00000242. The topological polar surface area (TPSA) is 36.4 Å². The highest BCUT2D eigenvalue weighted by Gasteiger charge is 2.15. The fraction of sp³-hybridized carbons (Fsp3) is 0.533. The largest absolute Gasteiger partial charge is 0.356 e. The number of guanidine groups is 1. The fourth-order valence-electron chi connectivity index (χ4n) is 2.32. The van der Waals surface area contributed by atoms with Crippen molar-refractivity contribution < 1.29 is 8.78 Å². The highest BCUT2D eigenvalue weighted by Crippen LogP contribution is 2.25. The molecule has 2 N–H and O–H groups in total. The molecule has 1 aromatic carbocycles. The Labute approximate surface area is 151 Å². The third-order valence-corrected chi connectivity index (χ3v) is 4.77. The second-order valence-corrected chi connectivity index (χ2v) is 6.45. The number of aliphatic imine (C=N–C) groups is 1. The van der Waals surface area contributed by atoms with Crippen LogP contribution in [0.5, 0.6) is 0 Å². The van der Waals surface area contributed by atoms with Gasteiger partial charge in [-0.05, 0) is 42.7 Å². The molecular weight excluding hydrogens is 419 g/mol. The number of nitrogens with zero attached hydrogens (tertiary/aromatic N) is 1. The summed E-state index contributed by atoms with van der Waals surface area (Å²) in [6.07, 6.45) is 3.08. The first-order valence-electron chi connectivity index (χ1n) is 7.18. The van der Waals surface area contributed by atoms with Crippen molar-refractivity contribution in [3.05, 3.63) is 35.4 Å². The van der Waals surface area contributed by atoms with Gasteiger partial charge in [-0.1, -0.05) is 0 Å². The van der Waals surface area contributed by atoms with Crippen LogP contribution >= 0.6 is 35.7 Å². The van der Waals surface area contributed by atoms with Crippen LogP contribution in [0.1, 0.15) is 18.4 Å². The van der Waals surface area contributed by atoms with Gasteiger partial charge < -0.3 is 10.6 Å². The normalized spacial score (nSPS) is 18.0. The molecule has 1 heterocycles. The van der Waals surface area contributed by atoms with Crippen LogP contribution in [0.15, 0.2) is 23.2 Å². The van der Waals surface area contributed by atoms with Gasteiger partial charge in [0.05, 0.1) is 0 Å². The Bertz CT molecular complexity index is 473. The molecule has 1 unspecified atom stereocenters. The number of hydrogen-bond donors (Lipinski definition) is 2. The van der Waals surface area contributed by atoms with E-state index in [1.165, 1.54) is 30.7 Å². The van der Waals surface area contributed by atoms with Crippen LogP contribution in [0.4, 0.5) is 8.78 Å². The predicted molar refractivity (Wildman–Crippen MR) is 100 cm³/mol. The van der Waals surface area contributed by atoms with E-state index in [4.69, 9.17) is 0 Å². The Hall–Kier alpha value is -0.570. The number of halogens is 3. The molecule has 0 bridgehead atoms. The molecule has 1 aliphatic heterocycles. The molecule has 1 atom stereocenters. The number of hydrogen-bond acceptors (Lipinski definition) is 2. The van der Waals surface area contributed by atoms with Gasteiger partial charge in [-0.25, -0.2) is 8.78 Å². The average molecular weight is 441 g/mol. The summed E-state index contributed by atoms with van der Waals surface area (Å²) in [6.45, 7) is 1.49. The van der Waals surface area contributed by atoms with Gasteiger partial charge in [-0.2, -0.15) is 11.8 Å². The van der Waals surface area contributed by atoms with Gasteiger partial charge in [0.1, 0.15) is 11.6 Å². The van der Waals surface area contributed by atoms with E-state index in [1.54, 1.807) is 7.05 Å². The molecule has 1 aromatic rings. The summed E-state index contributed by atoms with van der Waals surface area (Å²) in [6, 6.07) is 3.60. The summed E-state index contributed by atoms with van der Waals surface area (Å²) in [5.41, 5.74) is 0.641. The second-order valence-electron chi connectivity index (χ2n) is 5.04. The van der Waals surface area contributed by atoms with E-state index in [1.807, 2.05) is 11.8 Å². The second kappa shape index (κ2) is 10.3. The van der Waals surface area contributed by atoms with Gasteiger partial charge >= 0.3 is 0 Å². The minimum atomic E-state index is -0.536. The van der Waals surface area contributed by atoms with Crippen molar-refractivity contribution in [2.45, 2.75) is 24.5 Å². The zero-order valence-corrected chi connectivity index (χ0v) is 15.7. The van der Waals surface area contributed by atoms with Crippen molar-refractivity contribution in [2.24, 2.45) is 4.99 Å². The van der Waals surface area contributed by atoms with Crippen LogP contribution in [-0.2, 0) is 6.42 Å². The van der Waals surface area contributed by atoms with Gasteiger partial charge in [0.2, 0.25) is 0 Å². The fourth-order valence-corrected chi connectivity index (χ4v) is 3.52. The Morgan fingerprint density at radius 1 is 1.27 bits per heavy atom. The number of thioether (sulfide) groups is 1. The molecule has 2 rings (SSSR count).